The Morgan fingerprint density at radius 1 is 1.15 bits per heavy atom. The van der Waals surface area contributed by atoms with E-state index in [1.165, 1.54) is 5.56 Å². The zero-order chi connectivity index (χ0) is 14.5. The van der Waals surface area contributed by atoms with E-state index in [-0.39, 0.29) is 6.23 Å². The van der Waals surface area contributed by atoms with Crippen molar-refractivity contribution in [2.24, 2.45) is 0 Å². The zero-order valence-electron chi connectivity index (χ0n) is 12.1. The second-order valence-corrected chi connectivity index (χ2v) is 5.18. The third-order valence-corrected chi connectivity index (χ3v) is 3.56. The van der Waals surface area contributed by atoms with Crippen molar-refractivity contribution in [2.45, 2.75) is 27.0 Å². The first-order valence-electron chi connectivity index (χ1n) is 6.86. The molecule has 0 aliphatic heterocycles. The van der Waals surface area contributed by atoms with E-state index in [1.807, 2.05) is 31.2 Å². The largest absolute Gasteiger partial charge is 0.469 e. The number of benzene rings is 2. The van der Waals surface area contributed by atoms with Crippen LogP contribution in [-0.4, -0.2) is 12.8 Å². The van der Waals surface area contributed by atoms with Gasteiger partial charge in [0.2, 0.25) is 0 Å². The number of para-hydroxylation sites is 1. The Balaban J connectivity index is 2.17. The van der Waals surface area contributed by atoms with Gasteiger partial charge in [0, 0.05) is 12.2 Å². The fourth-order valence-electron chi connectivity index (χ4n) is 2.24. The maximum Gasteiger partial charge on any atom is 0.169 e. The standard InChI is InChI=1S/C17H20ClNO/c1-4-19(15-9-7-8-13(2)12-15)14(3)20-17-11-6-5-10-16(17)18/h5-12,14H,4H2,1-3H3. The van der Waals surface area contributed by atoms with Crippen molar-refractivity contribution in [1.29, 1.82) is 0 Å². The lowest BCUT2D eigenvalue weighted by atomic mass is 10.2. The van der Waals surface area contributed by atoms with Crippen molar-refractivity contribution in [3.05, 3.63) is 59.1 Å². The molecule has 3 heteroatoms. The van der Waals surface area contributed by atoms with Gasteiger partial charge >= 0.3 is 0 Å². The number of ether oxygens (including phenoxy) is 1. The molecule has 2 nitrogen and oxygen atoms in total. The minimum Gasteiger partial charge on any atom is -0.469 e. The monoisotopic (exact) mass is 289 g/mol. The van der Waals surface area contributed by atoms with Gasteiger partial charge in [-0.05, 0) is 50.6 Å². The van der Waals surface area contributed by atoms with Crippen LogP contribution in [0.1, 0.15) is 19.4 Å². The van der Waals surface area contributed by atoms with Gasteiger partial charge in [0.15, 0.2) is 6.23 Å². The molecule has 0 saturated heterocycles. The molecule has 106 valence electrons. The van der Waals surface area contributed by atoms with E-state index >= 15 is 0 Å². The minimum atomic E-state index is -0.0818. The van der Waals surface area contributed by atoms with Crippen LogP contribution in [0.15, 0.2) is 48.5 Å². The Hall–Kier alpha value is -1.67. The normalized spacial score (nSPS) is 12.0. The van der Waals surface area contributed by atoms with Gasteiger partial charge in [-0.2, -0.15) is 0 Å². The minimum absolute atomic E-state index is 0.0818. The lowest BCUT2D eigenvalue weighted by Gasteiger charge is -2.30. The van der Waals surface area contributed by atoms with Crippen molar-refractivity contribution in [3.63, 3.8) is 0 Å². The summed E-state index contributed by atoms with van der Waals surface area (Å²) in [5.41, 5.74) is 2.40. The lowest BCUT2D eigenvalue weighted by Crippen LogP contribution is -2.37. The Labute approximate surface area is 125 Å². The number of hydrogen-bond acceptors (Lipinski definition) is 2. The third-order valence-electron chi connectivity index (χ3n) is 3.25. The fraction of sp³-hybridized carbons (Fsp3) is 0.294. The molecule has 0 aromatic heterocycles. The highest BCUT2D eigenvalue weighted by Crippen LogP contribution is 2.26. The van der Waals surface area contributed by atoms with Crippen LogP contribution in [0.3, 0.4) is 0 Å². The SMILES string of the molecule is CCN(c1cccc(C)c1)C(C)Oc1ccccc1Cl. The van der Waals surface area contributed by atoms with Crippen LogP contribution in [0, 0.1) is 6.92 Å². The first-order chi connectivity index (χ1) is 9.61. The van der Waals surface area contributed by atoms with Gasteiger partial charge in [0.1, 0.15) is 5.75 Å². The van der Waals surface area contributed by atoms with Crippen LogP contribution in [0.25, 0.3) is 0 Å². The summed E-state index contributed by atoms with van der Waals surface area (Å²) in [4.78, 5) is 2.20. The fourth-order valence-corrected chi connectivity index (χ4v) is 2.42. The molecule has 0 radical (unpaired) electrons. The predicted molar refractivity (Wildman–Crippen MR) is 85.7 cm³/mol. The van der Waals surface area contributed by atoms with Crippen LogP contribution < -0.4 is 9.64 Å². The van der Waals surface area contributed by atoms with Gasteiger partial charge in [-0.25, -0.2) is 0 Å². The first-order valence-corrected chi connectivity index (χ1v) is 7.24. The van der Waals surface area contributed by atoms with E-state index in [0.717, 1.165) is 12.2 Å². The van der Waals surface area contributed by atoms with Gasteiger partial charge in [-0.1, -0.05) is 35.9 Å². The molecule has 0 amide bonds. The molecule has 2 aromatic rings. The summed E-state index contributed by atoms with van der Waals surface area (Å²) in [5, 5.41) is 0.639. The molecule has 0 heterocycles. The Bertz CT molecular complexity index is 570. The summed E-state index contributed by atoms with van der Waals surface area (Å²) in [7, 11) is 0. The summed E-state index contributed by atoms with van der Waals surface area (Å²) in [5.74, 6) is 0.716. The number of aryl methyl sites for hydroxylation is 1. The second-order valence-electron chi connectivity index (χ2n) is 4.77. The molecular weight excluding hydrogens is 270 g/mol. The number of nitrogens with zero attached hydrogens (tertiary/aromatic N) is 1. The van der Waals surface area contributed by atoms with Gasteiger partial charge in [-0.15, -0.1) is 0 Å². The van der Waals surface area contributed by atoms with Crippen molar-refractivity contribution in [1.82, 2.24) is 0 Å². The molecule has 1 atom stereocenters. The summed E-state index contributed by atoms with van der Waals surface area (Å²) in [6.07, 6.45) is -0.0818. The van der Waals surface area contributed by atoms with Gasteiger partial charge in [-0.3, -0.25) is 0 Å². The highest BCUT2D eigenvalue weighted by Gasteiger charge is 2.15. The number of rotatable bonds is 5. The van der Waals surface area contributed by atoms with Crippen LogP contribution in [0.5, 0.6) is 5.75 Å². The molecule has 0 aliphatic rings. The number of hydrogen-bond donors (Lipinski definition) is 0. The Morgan fingerprint density at radius 2 is 1.90 bits per heavy atom. The quantitative estimate of drug-likeness (QED) is 0.726. The summed E-state index contributed by atoms with van der Waals surface area (Å²) in [6.45, 7) is 7.12. The zero-order valence-corrected chi connectivity index (χ0v) is 12.9. The molecule has 2 aromatic carbocycles. The smallest absolute Gasteiger partial charge is 0.169 e. The number of halogens is 1. The Morgan fingerprint density at radius 3 is 2.55 bits per heavy atom. The van der Waals surface area contributed by atoms with Crippen LogP contribution in [-0.2, 0) is 0 Å². The molecule has 0 aliphatic carbocycles. The van der Waals surface area contributed by atoms with E-state index in [9.17, 15) is 0 Å². The lowest BCUT2D eigenvalue weighted by molar-refractivity contribution is 0.216. The summed E-state index contributed by atoms with van der Waals surface area (Å²) < 4.78 is 5.99. The molecule has 0 spiro atoms. The molecule has 0 saturated carbocycles. The molecule has 1 unspecified atom stereocenters. The van der Waals surface area contributed by atoms with Gasteiger partial charge in [0.05, 0.1) is 5.02 Å². The van der Waals surface area contributed by atoms with Crippen molar-refractivity contribution in [3.8, 4) is 5.75 Å². The molecular formula is C17H20ClNO. The Kier molecular flexibility index (Phi) is 4.91. The third kappa shape index (κ3) is 3.45. The van der Waals surface area contributed by atoms with E-state index in [4.69, 9.17) is 16.3 Å². The molecule has 2 rings (SSSR count). The van der Waals surface area contributed by atoms with E-state index in [2.05, 4.69) is 43.0 Å². The highest BCUT2D eigenvalue weighted by atomic mass is 35.5. The first kappa shape index (κ1) is 14.7. The van der Waals surface area contributed by atoms with Crippen molar-refractivity contribution < 1.29 is 4.74 Å². The maximum atomic E-state index is 6.14. The average Bonchev–Trinajstić information content (AvgIpc) is 2.42. The molecule has 20 heavy (non-hydrogen) atoms. The highest BCUT2D eigenvalue weighted by molar-refractivity contribution is 6.32. The van der Waals surface area contributed by atoms with Crippen LogP contribution in [0.4, 0.5) is 5.69 Å². The second kappa shape index (κ2) is 6.67. The van der Waals surface area contributed by atoms with Gasteiger partial charge < -0.3 is 9.64 Å². The van der Waals surface area contributed by atoms with Crippen LogP contribution in [0.2, 0.25) is 5.02 Å². The van der Waals surface area contributed by atoms with Crippen LogP contribution >= 0.6 is 11.6 Å². The van der Waals surface area contributed by atoms with Crippen molar-refractivity contribution in [2.75, 3.05) is 11.4 Å². The van der Waals surface area contributed by atoms with E-state index in [0.29, 0.717) is 10.8 Å². The summed E-state index contributed by atoms with van der Waals surface area (Å²) in [6, 6.07) is 16.0. The van der Waals surface area contributed by atoms with Gasteiger partial charge in [0.25, 0.3) is 0 Å². The molecule has 0 fully saturated rings. The van der Waals surface area contributed by atoms with Crippen molar-refractivity contribution >= 4 is 17.3 Å². The topological polar surface area (TPSA) is 12.5 Å². The number of anilines is 1. The van der Waals surface area contributed by atoms with E-state index < -0.39 is 0 Å². The summed E-state index contributed by atoms with van der Waals surface area (Å²) >= 11 is 6.14. The predicted octanol–water partition coefficient (Wildman–Crippen LogP) is 4.90. The maximum absolute atomic E-state index is 6.14. The molecule has 0 N–H and O–H groups in total. The average molecular weight is 290 g/mol. The molecule has 0 bridgehead atoms. The van der Waals surface area contributed by atoms with E-state index in [1.54, 1.807) is 0 Å².